The molecule has 27 heavy (non-hydrogen) atoms. The van der Waals surface area contributed by atoms with Crippen molar-refractivity contribution in [2.75, 3.05) is 7.11 Å². The summed E-state index contributed by atoms with van der Waals surface area (Å²) in [7, 11) is 1.63. The van der Waals surface area contributed by atoms with Gasteiger partial charge in [0.15, 0.2) is 0 Å². The van der Waals surface area contributed by atoms with Crippen molar-refractivity contribution < 1.29 is 19.6 Å². The Labute approximate surface area is 156 Å². The van der Waals surface area contributed by atoms with E-state index in [0.717, 1.165) is 35.4 Å². The minimum absolute atomic E-state index is 0.258. The number of hydrogen-bond donors (Lipinski definition) is 1. The molecule has 8 nitrogen and oxygen atoms in total. The quantitative estimate of drug-likeness (QED) is 0.435. The van der Waals surface area contributed by atoms with Gasteiger partial charge in [0, 0.05) is 18.1 Å². The highest BCUT2D eigenvalue weighted by atomic mass is 16.6. The van der Waals surface area contributed by atoms with Crippen LogP contribution in [0.1, 0.15) is 29.5 Å². The number of nitro benzene ring substituents is 1. The molecule has 2 rings (SSSR count). The smallest absolute Gasteiger partial charge is 0.262 e. The molecule has 0 heterocycles. The maximum Gasteiger partial charge on any atom is 0.262 e. The molecule has 142 valence electrons. The maximum atomic E-state index is 11.8. The zero-order valence-electron chi connectivity index (χ0n) is 15.1. The summed E-state index contributed by atoms with van der Waals surface area (Å²) in [6, 6.07) is 9.51. The number of hydrazone groups is 1. The van der Waals surface area contributed by atoms with Gasteiger partial charge in [0.1, 0.15) is 5.75 Å². The SMILES string of the molecule is COc1ccc(CCCC(=O)N/N=C\c2ccc([O-])c([N+](=O)[O-])c2)cc1C. The third kappa shape index (κ3) is 5.81. The summed E-state index contributed by atoms with van der Waals surface area (Å²) in [5.41, 5.74) is 4.37. The van der Waals surface area contributed by atoms with E-state index in [-0.39, 0.29) is 5.91 Å². The third-order valence-electron chi connectivity index (χ3n) is 3.91. The van der Waals surface area contributed by atoms with E-state index in [2.05, 4.69) is 10.5 Å². The van der Waals surface area contributed by atoms with Gasteiger partial charge in [0.25, 0.3) is 5.69 Å². The largest absolute Gasteiger partial charge is 0.868 e. The molecule has 0 aliphatic carbocycles. The molecule has 0 aliphatic rings. The van der Waals surface area contributed by atoms with Gasteiger partial charge in [-0.15, -0.1) is 0 Å². The van der Waals surface area contributed by atoms with Crippen LogP contribution >= 0.6 is 0 Å². The molecule has 0 unspecified atom stereocenters. The summed E-state index contributed by atoms with van der Waals surface area (Å²) in [5.74, 6) is -0.0996. The topological polar surface area (TPSA) is 117 Å². The summed E-state index contributed by atoms with van der Waals surface area (Å²) < 4.78 is 5.22. The first-order chi connectivity index (χ1) is 12.9. The predicted molar refractivity (Wildman–Crippen MR) is 98.9 cm³/mol. The zero-order valence-corrected chi connectivity index (χ0v) is 15.1. The average molecular weight is 370 g/mol. The van der Waals surface area contributed by atoms with E-state index in [0.29, 0.717) is 18.4 Å². The summed E-state index contributed by atoms with van der Waals surface area (Å²) in [4.78, 5) is 21.8. The van der Waals surface area contributed by atoms with Gasteiger partial charge in [-0.05, 0) is 42.7 Å². The molecule has 0 radical (unpaired) electrons. The van der Waals surface area contributed by atoms with E-state index in [9.17, 15) is 20.0 Å². The van der Waals surface area contributed by atoms with Gasteiger partial charge < -0.3 is 9.84 Å². The van der Waals surface area contributed by atoms with E-state index in [1.165, 1.54) is 12.3 Å². The molecule has 2 aromatic carbocycles. The number of carbonyl (C=O) groups is 1. The molecule has 0 fully saturated rings. The van der Waals surface area contributed by atoms with Crippen LogP contribution in [-0.2, 0) is 11.2 Å². The van der Waals surface area contributed by atoms with Gasteiger partial charge in [-0.3, -0.25) is 14.9 Å². The number of aryl methyl sites for hydroxylation is 2. The van der Waals surface area contributed by atoms with E-state index >= 15 is 0 Å². The Morgan fingerprint density at radius 1 is 1.30 bits per heavy atom. The summed E-state index contributed by atoms with van der Waals surface area (Å²) in [6.07, 6.45) is 2.96. The standard InChI is InChI=1S/C19H21N3O5/c1-13-10-14(7-9-18(13)27-2)4-3-5-19(24)21-20-12-15-6-8-17(23)16(11-15)22(25)26/h6-12,23H,3-5H2,1-2H3,(H,21,24)/p-1/b20-12-. The molecule has 0 atom stereocenters. The Kier molecular flexibility index (Phi) is 6.87. The number of ether oxygens (including phenoxy) is 1. The van der Waals surface area contributed by atoms with Gasteiger partial charge in [0.2, 0.25) is 5.91 Å². The first kappa shape index (κ1) is 19.9. The van der Waals surface area contributed by atoms with Crippen LogP contribution in [0.25, 0.3) is 0 Å². The van der Waals surface area contributed by atoms with Crippen molar-refractivity contribution >= 4 is 17.8 Å². The number of nitrogens with one attached hydrogen (secondary N) is 1. The van der Waals surface area contributed by atoms with E-state index in [1.807, 2.05) is 25.1 Å². The van der Waals surface area contributed by atoms with Crippen molar-refractivity contribution in [2.24, 2.45) is 5.10 Å². The molecular formula is C19H20N3O5-. The van der Waals surface area contributed by atoms with Crippen molar-refractivity contribution in [1.82, 2.24) is 5.43 Å². The van der Waals surface area contributed by atoms with Gasteiger partial charge in [-0.2, -0.15) is 5.10 Å². The lowest BCUT2D eigenvalue weighted by molar-refractivity contribution is -0.398. The fourth-order valence-electron chi connectivity index (χ4n) is 2.54. The maximum absolute atomic E-state index is 11.8. The van der Waals surface area contributed by atoms with Crippen LogP contribution < -0.4 is 15.3 Å². The summed E-state index contributed by atoms with van der Waals surface area (Å²) in [6.45, 7) is 1.97. The minimum Gasteiger partial charge on any atom is -0.868 e. The number of rotatable bonds is 8. The van der Waals surface area contributed by atoms with Crippen LogP contribution in [0.2, 0.25) is 0 Å². The van der Waals surface area contributed by atoms with Gasteiger partial charge >= 0.3 is 0 Å². The number of nitro groups is 1. The Morgan fingerprint density at radius 2 is 2.07 bits per heavy atom. The number of hydrogen-bond acceptors (Lipinski definition) is 6. The van der Waals surface area contributed by atoms with Gasteiger partial charge in [-0.1, -0.05) is 24.3 Å². The number of carbonyl (C=O) groups excluding carboxylic acids is 1. The second-order valence-electron chi connectivity index (χ2n) is 5.93. The fourth-order valence-corrected chi connectivity index (χ4v) is 2.54. The lowest BCUT2D eigenvalue weighted by Crippen LogP contribution is -2.17. The van der Waals surface area contributed by atoms with Crippen molar-refractivity contribution in [2.45, 2.75) is 26.2 Å². The molecule has 2 aromatic rings. The Balaban J connectivity index is 1.81. The van der Waals surface area contributed by atoms with Gasteiger partial charge in [0.05, 0.1) is 18.2 Å². The summed E-state index contributed by atoms with van der Waals surface area (Å²) in [5, 5.41) is 25.8. The number of amides is 1. The highest BCUT2D eigenvalue weighted by molar-refractivity contribution is 5.83. The second-order valence-corrected chi connectivity index (χ2v) is 5.93. The molecule has 8 heteroatoms. The number of methoxy groups -OCH3 is 1. The Bertz CT molecular complexity index is 864. The highest BCUT2D eigenvalue weighted by Crippen LogP contribution is 2.23. The van der Waals surface area contributed by atoms with Crippen LogP contribution in [0.15, 0.2) is 41.5 Å². The number of nitrogens with zero attached hydrogens (tertiary/aromatic N) is 2. The van der Waals surface area contributed by atoms with Crippen molar-refractivity contribution in [3.05, 3.63) is 63.2 Å². The van der Waals surface area contributed by atoms with Crippen LogP contribution in [0.5, 0.6) is 11.5 Å². The predicted octanol–water partition coefficient (Wildman–Crippen LogP) is 2.46. The van der Waals surface area contributed by atoms with Crippen molar-refractivity contribution in [3.8, 4) is 11.5 Å². The second kappa shape index (κ2) is 9.33. The first-order valence-electron chi connectivity index (χ1n) is 8.31. The zero-order chi connectivity index (χ0) is 19.8. The minimum atomic E-state index is -0.751. The van der Waals surface area contributed by atoms with Crippen LogP contribution in [0.4, 0.5) is 5.69 Å². The molecular weight excluding hydrogens is 350 g/mol. The molecule has 0 bridgehead atoms. The summed E-state index contributed by atoms with van der Waals surface area (Å²) >= 11 is 0. The molecule has 0 aromatic heterocycles. The Morgan fingerprint density at radius 3 is 2.74 bits per heavy atom. The van der Waals surface area contributed by atoms with Gasteiger partial charge in [-0.25, -0.2) is 5.43 Å². The van der Waals surface area contributed by atoms with Crippen molar-refractivity contribution in [1.29, 1.82) is 0 Å². The lowest BCUT2D eigenvalue weighted by Gasteiger charge is -2.07. The average Bonchev–Trinajstić information content (AvgIpc) is 2.63. The molecule has 0 saturated heterocycles. The van der Waals surface area contributed by atoms with Crippen LogP contribution in [0, 0.1) is 17.0 Å². The van der Waals surface area contributed by atoms with Crippen LogP contribution in [0.3, 0.4) is 0 Å². The third-order valence-corrected chi connectivity index (χ3v) is 3.91. The van der Waals surface area contributed by atoms with E-state index < -0.39 is 16.4 Å². The lowest BCUT2D eigenvalue weighted by atomic mass is 10.1. The molecule has 1 N–H and O–H groups in total. The first-order valence-corrected chi connectivity index (χ1v) is 8.31. The monoisotopic (exact) mass is 370 g/mol. The fraction of sp³-hybridized carbons (Fsp3) is 0.263. The van der Waals surface area contributed by atoms with Crippen molar-refractivity contribution in [3.63, 3.8) is 0 Å². The number of benzene rings is 2. The normalized spacial score (nSPS) is 10.7. The molecule has 0 spiro atoms. The van der Waals surface area contributed by atoms with E-state index in [1.54, 1.807) is 7.11 Å². The molecule has 0 saturated carbocycles. The Hall–Kier alpha value is -3.42. The van der Waals surface area contributed by atoms with Crippen LogP contribution in [-0.4, -0.2) is 24.2 Å². The highest BCUT2D eigenvalue weighted by Gasteiger charge is 2.07. The van der Waals surface area contributed by atoms with E-state index in [4.69, 9.17) is 4.74 Å². The molecule has 0 aliphatic heterocycles. The molecule has 1 amide bonds.